The van der Waals surface area contributed by atoms with E-state index in [4.69, 9.17) is 4.74 Å². The Hall–Kier alpha value is -1.61. The van der Waals surface area contributed by atoms with Crippen molar-refractivity contribution in [3.8, 4) is 0 Å². The molecule has 3 heteroatoms. The molecule has 0 heterocycles. The second kappa shape index (κ2) is 12.6. The lowest BCUT2D eigenvalue weighted by atomic mass is 9.68. The number of aliphatic hydroxyl groups excluding tert-OH is 1. The summed E-state index contributed by atoms with van der Waals surface area (Å²) >= 11 is 0. The molecular weight excluding hydrogens is 396 g/mol. The minimum absolute atomic E-state index is 0.0336. The van der Waals surface area contributed by atoms with Crippen molar-refractivity contribution in [3.63, 3.8) is 0 Å². The maximum absolute atomic E-state index is 11.8. The van der Waals surface area contributed by atoms with Crippen LogP contribution in [0.15, 0.2) is 30.4 Å². The Morgan fingerprint density at radius 2 is 1.66 bits per heavy atom. The van der Waals surface area contributed by atoms with Crippen molar-refractivity contribution >= 4 is 5.97 Å². The van der Waals surface area contributed by atoms with Crippen molar-refractivity contribution in [1.29, 1.82) is 0 Å². The van der Waals surface area contributed by atoms with Gasteiger partial charge in [-0.2, -0.15) is 0 Å². The molecule has 1 aromatic rings. The summed E-state index contributed by atoms with van der Waals surface area (Å²) in [5, 5.41) is 9.69. The summed E-state index contributed by atoms with van der Waals surface area (Å²) in [7, 11) is 0. The lowest BCUT2D eigenvalue weighted by Crippen LogP contribution is -2.25. The number of benzene rings is 1. The highest BCUT2D eigenvalue weighted by molar-refractivity contribution is 5.86. The molecule has 2 fully saturated rings. The van der Waals surface area contributed by atoms with E-state index in [1.54, 1.807) is 6.92 Å². The highest BCUT2D eigenvalue weighted by atomic mass is 16.5. The van der Waals surface area contributed by atoms with Gasteiger partial charge < -0.3 is 9.84 Å². The van der Waals surface area contributed by atoms with Crippen molar-refractivity contribution in [3.05, 3.63) is 47.0 Å². The van der Waals surface area contributed by atoms with Crippen LogP contribution in [0.5, 0.6) is 0 Å². The zero-order chi connectivity index (χ0) is 22.9. The summed E-state index contributed by atoms with van der Waals surface area (Å²) in [6.07, 6.45) is 16.7. The Morgan fingerprint density at radius 3 is 2.25 bits per heavy atom. The molecule has 0 radical (unpaired) electrons. The van der Waals surface area contributed by atoms with Crippen molar-refractivity contribution in [2.45, 2.75) is 110 Å². The summed E-state index contributed by atoms with van der Waals surface area (Å²) in [6, 6.07) is 6.33. The molecule has 1 N–H and O–H groups in total. The van der Waals surface area contributed by atoms with Gasteiger partial charge in [-0.3, -0.25) is 0 Å². The molecule has 2 aliphatic rings. The number of carbonyl (C=O) groups is 1. The summed E-state index contributed by atoms with van der Waals surface area (Å²) < 4.78 is 5.36. The number of aliphatic hydroxyl groups is 1. The summed E-state index contributed by atoms with van der Waals surface area (Å²) in [5.41, 5.74) is 3.50. The Morgan fingerprint density at radius 1 is 1.00 bits per heavy atom. The highest BCUT2D eigenvalue weighted by Crippen LogP contribution is 2.44. The minimum atomic E-state index is -0.375. The average molecular weight is 441 g/mol. The van der Waals surface area contributed by atoms with E-state index >= 15 is 0 Å². The van der Waals surface area contributed by atoms with Crippen LogP contribution in [0, 0.1) is 17.8 Å². The number of ether oxygens (including phenoxy) is 1. The molecule has 2 saturated carbocycles. The molecule has 0 spiro atoms. The predicted octanol–water partition coefficient (Wildman–Crippen LogP) is 7.46. The van der Waals surface area contributed by atoms with Crippen LogP contribution in [-0.4, -0.2) is 11.1 Å². The normalized spacial score (nSPS) is 26.0. The van der Waals surface area contributed by atoms with E-state index in [0.29, 0.717) is 11.5 Å². The number of unbranched alkanes of at least 4 members (excludes halogenated alkanes) is 2. The van der Waals surface area contributed by atoms with E-state index in [1.165, 1.54) is 82.6 Å². The van der Waals surface area contributed by atoms with Crippen LogP contribution in [0.1, 0.15) is 114 Å². The molecule has 0 bridgehead atoms. The summed E-state index contributed by atoms with van der Waals surface area (Å²) in [4.78, 5) is 11.8. The summed E-state index contributed by atoms with van der Waals surface area (Å²) in [6.45, 7) is 7.77. The van der Waals surface area contributed by atoms with Gasteiger partial charge in [0.2, 0.25) is 0 Å². The number of carbonyl (C=O) groups excluding carboxylic acids is 1. The van der Waals surface area contributed by atoms with Gasteiger partial charge in [0.05, 0.1) is 6.61 Å². The Kier molecular flexibility index (Phi) is 9.84. The number of hydrogen-bond acceptors (Lipinski definition) is 3. The van der Waals surface area contributed by atoms with E-state index < -0.39 is 0 Å². The molecule has 3 nitrogen and oxygen atoms in total. The standard InChI is InChI=1S/C29H44O3/c1-4-5-6-7-22-8-10-23(11-9-22)24-12-14-25(15-13-24)26-16-17-27(19-30)28(18-26)20-32-29(31)21(2)3/h16-18,22-25,30H,2,4-15,19-20H2,1,3H3. The third kappa shape index (κ3) is 6.94. The molecule has 32 heavy (non-hydrogen) atoms. The van der Waals surface area contributed by atoms with Gasteiger partial charge in [0.1, 0.15) is 6.61 Å². The number of esters is 1. The monoisotopic (exact) mass is 440 g/mol. The SMILES string of the molecule is C=C(C)C(=O)OCc1cc(C2CCC(C3CCC(CCCCC)CC3)CC2)ccc1CO. The summed E-state index contributed by atoms with van der Waals surface area (Å²) in [5.74, 6) is 3.07. The van der Waals surface area contributed by atoms with Gasteiger partial charge >= 0.3 is 5.97 Å². The minimum Gasteiger partial charge on any atom is -0.457 e. The molecule has 178 valence electrons. The molecule has 0 aromatic heterocycles. The second-order valence-electron chi connectivity index (χ2n) is 10.4. The maximum atomic E-state index is 11.8. The van der Waals surface area contributed by atoms with Crippen LogP contribution >= 0.6 is 0 Å². The fourth-order valence-electron chi connectivity index (χ4n) is 6.01. The molecule has 0 aliphatic heterocycles. The van der Waals surface area contributed by atoms with Gasteiger partial charge in [-0.15, -0.1) is 0 Å². The first-order valence-corrected chi connectivity index (χ1v) is 13.1. The maximum Gasteiger partial charge on any atom is 0.333 e. The van der Waals surface area contributed by atoms with Crippen molar-refractivity contribution in [2.24, 2.45) is 17.8 Å². The predicted molar refractivity (Wildman–Crippen MR) is 131 cm³/mol. The van der Waals surface area contributed by atoms with Gasteiger partial charge in [0.25, 0.3) is 0 Å². The molecule has 0 saturated heterocycles. The molecule has 0 atom stereocenters. The van der Waals surface area contributed by atoms with Crippen molar-refractivity contribution in [1.82, 2.24) is 0 Å². The molecule has 0 amide bonds. The van der Waals surface area contributed by atoms with Crippen molar-refractivity contribution < 1.29 is 14.6 Å². The largest absolute Gasteiger partial charge is 0.457 e. The molecular formula is C29H44O3. The zero-order valence-electron chi connectivity index (χ0n) is 20.4. The lowest BCUT2D eigenvalue weighted by molar-refractivity contribution is -0.140. The zero-order valence-corrected chi connectivity index (χ0v) is 20.4. The van der Waals surface area contributed by atoms with Gasteiger partial charge in [-0.1, -0.05) is 70.2 Å². The molecule has 2 aliphatic carbocycles. The highest BCUT2D eigenvalue weighted by Gasteiger charge is 2.31. The molecule has 0 unspecified atom stereocenters. The number of hydrogen-bond donors (Lipinski definition) is 1. The van der Waals surface area contributed by atoms with E-state index in [-0.39, 0.29) is 19.2 Å². The lowest BCUT2D eigenvalue weighted by Gasteiger charge is -2.38. The third-order valence-electron chi connectivity index (χ3n) is 8.13. The van der Waals surface area contributed by atoms with Crippen LogP contribution in [0.4, 0.5) is 0 Å². The van der Waals surface area contributed by atoms with Gasteiger partial charge in [0.15, 0.2) is 0 Å². The van der Waals surface area contributed by atoms with E-state index in [2.05, 4.69) is 25.6 Å². The third-order valence-corrected chi connectivity index (χ3v) is 8.13. The van der Waals surface area contributed by atoms with Crippen LogP contribution in [0.25, 0.3) is 0 Å². The average Bonchev–Trinajstić information content (AvgIpc) is 2.83. The molecule has 1 aromatic carbocycles. The van der Waals surface area contributed by atoms with Gasteiger partial charge in [0, 0.05) is 5.57 Å². The fraction of sp³-hybridized carbons (Fsp3) is 0.690. The topological polar surface area (TPSA) is 46.5 Å². The Balaban J connectivity index is 1.50. The Bertz CT molecular complexity index is 737. The van der Waals surface area contributed by atoms with Crippen LogP contribution < -0.4 is 0 Å². The van der Waals surface area contributed by atoms with Crippen LogP contribution in [0.3, 0.4) is 0 Å². The van der Waals surface area contributed by atoms with Crippen LogP contribution in [0.2, 0.25) is 0 Å². The van der Waals surface area contributed by atoms with E-state index in [0.717, 1.165) is 28.9 Å². The second-order valence-corrected chi connectivity index (χ2v) is 10.4. The van der Waals surface area contributed by atoms with E-state index in [9.17, 15) is 9.90 Å². The van der Waals surface area contributed by atoms with E-state index in [1.807, 2.05) is 6.07 Å². The quantitative estimate of drug-likeness (QED) is 0.233. The number of rotatable bonds is 10. The smallest absolute Gasteiger partial charge is 0.333 e. The fourth-order valence-corrected chi connectivity index (χ4v) is 6.01. The van der Waals surface area contributed by atoms with Gasteiger partial charge in [-0.05, 0) is 85.8 Å². The first kappa shape index (κ1) is 25.0. The molecule has 3 rings (SSSR count). The van der Waals surface area contributed by atoms with Crippen molar-refractivity contribution in [2.75, 3.05) is 0 Å². The van der Waals surface area contributed by atoms with Crippen LogP contribution in [-0.2, 0) is 22.7 Å². The first-order chi connectivity index (χ1) is 15.5. The Labute approximate surface area is 195 Å². The van der Waals surface area contributed by atoms with Gasteiger partial charge in [-0.25, -0.2) is 4.79 Å². The first-order valence-electron chi connectivity index (χ1n) is 13.1.